The van der Waals surface area contributed by atoms with Crippen LogP contribution in [-0.4, -0.2) is 25.1 Å². The molecule has 4 aromatic rings. The molecule has 0 amide bonds. The van der Waals surface area contributed by atoms with Gasteiger partial charge in [0, 0.05) is 35.4 Å². The fourth-order valence-electron chi connectivity index (χ4n) is 2.95. The molecule has 5 nitrogen and oxygen atoms in total. The SMILES string of the molecule is Cc1n[nH]c(C)c1-c1ncc(-c2ccc(F)cc2)c(-c2ccncc2)n1. The first-order valence-corrected chi connectivity index (χ1v) is 8.19. The summed E-state index contributed by atoms with van der Waals surface area (Å²) < 4.78 is 13.3. The quantitative estimate of drug-likeness (QED) is 0.599. The van der Waals surface area contributed by atoms with E-state index in [1.165, 1.54) is 12.1 Å². The maximum Gasteiger partial charge on any atom is 0.163 e. The van der Waals surface area contributed by atoms with E-state index in [4.69, 9.17) is 4.98 Å². The summed E-state index contributed by atoms with van der Waals surface area (Å²) in [5, 5.41) is 7.19. The van der Waals surface area contributed by atoms with E-state index in [1.807, 2.05) is 26.0 Å². The number of halogens is 1. The Morgan fingerprint density at radius 1 is 0.923 bits per heavy atom. The fraction of sp³-hybridized carbons (Fsp3) is 0.100. The Kier molecular flexibility index (Phi) is 4.01. The summed E-state index contributed by atoms with van der Waals surface area (Å²) >= 11 is 0. The van der Waals surface area contributed by atoms with Crippen LogP contribution in [0.1, 0.15) is 11.4 Å². The zero-order valence-electron chi connectivity index (χ0n) is 14.4. The second-order valence-corrected chi connectivity index (χ2v) is 6.01. The van der Waals surface area contributed by atoms with E-state index in [-0.39, 0.29) is 5.82 Å². The highest BCUT2D eigenvalue weighted by Crippen LogP contribution is 2.32. The number of nitrogens with zero attached hydrogens (tertiary/aromatic N) is 4. The van der Waals surface area contributed by atoms with Crippen molar-refractivity contribution in [2.24, 2.45) is 0 Å². The number of aromatic amines is 1. The molecule has 128 valence electrons. The Hall–Kier alpha value is -3.41. The van der Waals surface area contributed by atoms with Crippen molar-refractivity contribution < 1.29 is 4.39 Å². The van der Waals surface area contributed by atoms with Gasteiger partial charge >= 0.3 is 0 Å². The minimum atomic E-state index is -0.276. The molecule has 0 spiro atoms. The number of rotatable bonds is 3. The monoisotopic (exact) mass is 345 g/mol. The number of aryl methyl sites for hydroxylation is 2. The van der Waals surface area contributed by atoms with Crippen LogP contribution in [-0.2, 0) is 0 Å². The third-order valence-corrected chi connectivity index (χ3v) is 4.25. The van der Waals surface area contributed by atoms with E-state index < -0.39 is 0 Å². The molecule has 6 heteroatoms. The van der Waals surface area contributed by atoms with Crippen LogP contribution >= 0.6 is 0 Å². The first-order valence-electron chi connectivity index (χ1n) is 8.19. The second kappa shape index (κ2) is 6.48. The maximum absolute atomic E-state index is 13.3. The zero-order chi connectivity index (χ0) is 18.1. The normalized spacial score (nSPS) is 10.9. The van der Waals surface area contributed by atoms with Crippen LogP contribution in [0, 0.1) is 19.7 Å². The average molecular weight is 345 g/mol. The molecule has 3 heterocycles. The third-order valence-electron chi connectivity index (χ3n) is 4.25. The van der Waals surface area contributed by atoms with E-state index in [2.05, 4.69) is 20.2 Å². The van der Waals surface area contributed by atoms with Gasteiger partial charge in [0.2, 0.25) is 0 Å². The zero-order valence-corrected chi connectivity index (χ0v) is 14.4. The molecule has 0 aliphatic rings. The number of hydrogen-bond donors (Lipinski definition) is 1. The molecule has 1 N–H and O–H groups in total. The number of aromatic nitrogens is 5. The van der Waals surface area contributed by atoms with E-state index in [0.717, 1.165) is 39.3 Å². The number of H-pyrrole nitrogens is 1. The van der Waals surface area contributed by atoms with Crippen LogP contribution in [0.15, 0.2) is 55.0 Å². The van der Waals surface area contributed by atoms with Crippen molar-refractivity contribution in [2.45, 2.75) is 13.8 Å². The van der Waals surface area contributed by atoms with Crippen molar-refractivity contribution in [1.29, 1.82) is 0 Å². The van der Waals surface area contributed by atoms with Crippen LogP contribution in [0.4, 0.5) is 4.39 Å². The van der Waals surface area contributed by atoms with Gasteiger partial charge in [-0.15, -0.1) is 0 Å². The Bertz CT molecular complexity index is 1040. The standard InChI is InChI=1S/C20H16FN5/c1-12-18(13(2)26-25-12)20-23-11-17(14-3-5-16(21)6-4-14)19(24-20)15-7-9-22-10-8-15/h3-11H,1-2H3,(H,25,26). The average Bonchev–Trinajstić information content (AvgIpc) is 3.01. The van der Waals surface area contributed by atoms with Crippen LogP contribution in [0.25, 0.3) is 33.8 Å². The Balaban J connectivity index is 1.94. The summed E-state index contributed by atoms with van der Waals surface area (Å²) in [5.41, 5.74) is 6.02. The molecule has 0 saturated heterocycles. The van der Waals surface area contributed by atoms with Gasteiger partial charge in [-0.25, -0.2) is 14.4 Å². The van der Waals surface area contributed by atoms with Crippen molar-refractivity contribution in [3.05, 3.63) is 72.2 Å². The number of pyridine rings is 1. The predicted octanol–water partition coefficient (Wildman–Crippen LogP) is 4.35. The van der Waals surface area contributed by atoms with Gasteiger partial charge in [0.25, 0.3) is 0 Å². The van der Waals surface area contributed by atoms with Crippen LogP contribution in [0.3, 0.4) is 0 Å². The van der Waals surface area contributed by atoms with Crippen molar-refractivity contribution in [3.63, 3.8) is 0 Å². The summed E-state index contributed by atoms with van der Waals surface area (Å²) in [4.78, 5) is 13.4. The van der Waals surface area contributed by atoms with Crippen LogP contribution < -0.4 is 0 Å². The topological polar surface area (TPSA) is 67.3 Å². The third kappa shape index (κ3) is 2.86. The van der Waals surface area contributed by atoms with Gasteiger partial charge in [-0.3, -0.25) is 10.1 Å². The lowest BCUT2D eigenvalue weighted by Gasteiger charge is -2.11. The summed E-state index contributed by atoms with van der Waals surface area (Å²) in [7, 11) is 0. The molecule has 0 aliphatic carbocycles. The molecule has 4 rings (SSSR count). The second-order valence-electron chi connectivity index (χ2n) is 6.01. The number of hydrogen-bond acceptors (Lipinski definition) is 4. The molecule has 0 atom stereocenters. The first-order chi connectivity index (χ1) is 12.6. The largest absolute Gasteiger partial charge is 0.282 e. The summed E-state index contributed by atoms with van der Waals surface area (Å²) in [6.07, 6.45) is 5.22. The number of benzene rings is 1. The van der Waals surface area contributed by atoms with Crippen LogP contribution in [0.5, 0.6) is 0 Å². The van der Waals surface area contributed by atoms with E-state index in [1.54, 1.807) is 30.7 Å². The number of nitrogens with one attached hydrogen (secondary N) is 1. The molecular formula is C20H16FN5. The Morgan fingerprint density at radius 3 is 2.31 bits per heavy atom. The lowest BCUT2D eigenvalue weighted by atomic mass is 10.0. The predicted molar refractivity (Wildman–Crippen MR) is 97.7 cm³/mol. The first kappa shape index (κ1) is 16.1. The summed E-state index contributed by atoms with van der Waals surface area (Å²) in [5.74, 6) is 0.327. The molecule has 0 bridgehead atoms. The van der Waals surface area contributed by atoms with Gasteiger partial charge in [-0.2, -0.15) is 5.10 Å². The summed E-state index contributed by atoms with van der Waals surface area (Å²) in [6, 6.07) is 10.1. The van der Waals surface area contributed by atoms with Crippen molar-refractivity contribution in [3.8, 4) is 33.8 Å². The molecule has 0 radical (unpaired) electrons. The molecule has 0 fully saturated rings. The molecule has 1 aromatic carbocycles. The maximum atomic E-state index is 13.3. The van der Waals surface area contributed by atoms with Crippen molar-refractivity contribution >= 4 is 0 Å². The smallest absolute Gasteiger partial charge is 0.163 e. The minimum absolute atomic E-state index is 0.276. The molecule has 26 heavy (non-hydrogen) atoms. The van der Waals surface area contributed by atoms with Crippen molar-refractivity contribution in [2.75, 3.05) is 0 Å². The lowest BCUT2D eigenvalue weighted by molar-refractivity contribution is 0.628. The molecular weight excluding hydrogens is 329 g/mol. The van der Waals surface area contributed by atoms with Gasteiger partial charge in [0.05, 0.1) is 17.0 Å². The van der Waals surface area contributed by atoms with Gasteiger partial charge in [-0.1, -0.05) is 12.1 Å². The van der Waals surface area contributed by atoms with Crippen LogP contribution in [0.2, 0.25) is 0 Å². The highest BCUT2D eigenvalue weighted by molar-refractivity contribution is 5.81. The van der Waals surface area contributed by atoms with Gasteiger partial charge in [0.1, 0.15) is 5.82 Å². The minimum Gasteiger partial charge on any atom is -0.282 e. The lowest BCUT2D eigenvalue weighted by Crippen LogP contribution is -1.97. The molecule has 0 unspecified atom stereocenters. The van der Waals surface area contributed by atoms with Crippen molar-refractivity contribution in [1.82, 2.24) is 25.1 Å². The molecule has 0 saturated carbocycles. The van der Waals surface area contributed by atoms with Gasteiger partial charge in [-0.05, 0) is 43.7 Å². The van der Waals surface area contributed by atoms with E-state index in [9.17, 15) is 4.39 Å². The highest BCUT2D eigenvalue weighted by atomic mass is 19.1. The highest BCUT2D eigenvalue weighted by Gasteiger charge is 2.16. The van der Waals surface area contributed by atoms with Gasteiger partial charge < -0.3 is 0 Å². The van der Waals surface area contributed by atoms with E-state index >= 15 is 0 Å². The summed E-state index contributed by atoms with van der Waals surface area (Å²) in [6.45, 7) is 3.86. The van der Waals surface area contributed by atoms with E-state index in [0.29, 0.717) is 5.82 Å². The Morgan fingerprint density at radius 2 is 1.65 bits per heavy atom. The Labute approximate surface area is 150 Å². The molecule has 3 aromatic heterocycles. The van der Waals surface area contributed by atoms with Gasteiger partial charge in [0.15, 0.2) is 5.82 Å². The molecule has 0 aliphatic heterocycles. The fourth-order valence-corrected chi connectivity index (χ4v) is 2.95.